The summed E-state index contributed by atoms with van der Waals surface area (Å²) in [6.45, 7) is 1.82. The lowest BCUT2D eigenvalue weighted by Crippen LogP contribution is -2.06. The van der Waals surface area contributed by atoms with Crippen LogP contribution >= 0.6 is 0 Å². The lowest BCUT2D eigenvalue weighted by molar-refractivity contribution is -0.137. The number of ether oxygens (including phenoxy) is 2. The third-order valence-corrected chi connectivity index (χ3v) is 3.89. The number of rotatable bonds is 5. The molecule has 29 heavy (non-hydrogen) atoms. The van der Waals surface area contributed by atoms with Crippen molar-refractivity contribution in [3.8, 4) is 22.8 Å². The molecule has 0 saturated heterocycles. The van der Waals surface area contributed by atoms with Gasteiger partial charge in [0.05, 0.1) is 17.7 Å². The molecule has 0 bridgehead atoms. The van der Waals surface area contributed by atoms with Crippen molar-refractivity contribution in [1.29, 1.82) is 0 Å². The monoisotopic (exact) mass is 405 g/mol. The van der Waals surface area contributed by atoms with Crippen LogP contribution in [-0.2, 0) is 10.9 Å². The summed E-state index contributed by atoms with van der Waals surface area (Å²) in [6.07, 6.45) is -3.25. The van der Waals surface area contributed by atoms with E-state index in [0.717, 1.165) is 24.3 Å². The molecule has 1 aromatic heterocycles. The molecule has 4 nitrogen and oxygen atoms in total. The summed E-state index contributed by atoms with van der Waals surface area (Å²) in [5.41, 5.74) is -0.0211. The minimum absolute atomic E-state index is 0.00315. The third kappa shape index (κ3) is 4.90. The molecule has 0 atom stereocenters. The first-order valence-corrected chi connectivity index (χ1v) is 8.56. The van der Waals surface area contributed by atoms with Gasteiger partial charge >= 0.3 is 12.1 Å². The highest BCUT2D eigenvalue weighted by molar-refractivity contribution is 5.91. The fourth-order valence-electron chi connectivity index (χ4n) is 2.55. The average Bonchev–Trinajstić information content (AvgIpc) is 2.68. The second-order valence-corrected chi connectivity index (χ2v) is 5.93. The number of alkyl halides is 3. The van der Waals surface area contributed by atoms with Crippen molar-refractivity contribution in [2.75, 3.05) is 6.61 Å². The number of hydrogen-bond donors (Lipinski definition) is 0. The van der Waals surface area contributed by atoms with Crippen LogP contribution in [0.4, 0.5) is 17.6 Å². The molecule has 0 amide bonds. The predicted molar refractivity (Wildman–Crippen MR) is 97.1 cm³/mol. The van der Waals surface area contributed by atoms with E-state index in [1.807, 2.05) is 0 Å². The van der Waals surface area contributed by atoms with Crippen molar-refractivity contribution >= 4 is 5.97 Å². The highest BCUT2D eigenvalue weighted by Gasteiger charge is 2.30. The zero-order valence-electron chi connectivity index (χ0n) is 15.2. The number of halogens is 4. The first kappa shape index (κ1) is 20.3. The highest BCUT2D eigenvalue weighted by atomic mass is 19.4. The third-order valence-electron chi connectivity index (χ3n) is 3.89. The second kappa shape index (κ2) is 8.30. The van der Waals surface area contributed by atoms with E-state index in [9.17, 15) is 22.4 Å². The van der Waals surface area contributed by atoms with Crippen LogP contribution in [0.3, 0.4) is 0 Å². The van der Waals surface area contributed by atoms with Crippen molar-refractivity contribution < 1.29 is 31.8 Å². The molecule has 0 aliphatic carbocycles. The number of carbonyl (C=O) groups is 1. The van der Waals surface area contributed by atoms with Gasteiger partial charge in [-0.25, -0.2) is 14.2 Å². The van der Waals surface area contributed by atoms with Gasteiger partial charge < -0.3 is 9.47 Å². The highest BCUT2D eigenvalue weighted by Crippen LogP contribution is 2.35. The standard InChI is InChI=1S/C21H15F4NO3/c1-2-28-20(27)14-11-18(13-4-3-5-16(22)10-13)19(26-12-14)29-17-8-6-15(7-9-17)21(23,24)25/h3-12H,2H2,1H3. The molecule has 0 aliphatic rings. The molecule has 0 radical (unpaired) electrons. The molecule has 3 rings (SSSR count). The summed E-state index contributed by atoms with van der Waals surface area (Å²) in [4.78, 5) is 16.1. The normalized spacial score (nSPS) is 11.2. The number of nitrogens with zero attached hydrogens (tertiary/aromatic N) is 1. The van der Waals surface area contributed by atoms with E-state index in [1.54, 1.807) is 13.0 Å². The predicted octanol–water partition coefficient (Wildman–Crippen LogP) is 5.88. The van der Waals surface area contributed by atoms with Gasteiger partial charge in [0, 0.05) is 11.8 Å². The maximum absolute atomic E-state index is 13.7. The fourth-order valence-corrected chi connectivity index (χ4v) is 2.55. The maximum Gasteiger partial charge on any atom is 0.416 e. The summed E-state index contributed by atoms with van der Waals surface area (Å²) >= 11 is 0. The quantitative estimate of drug-likeness (QED) is 0.393. The van der Waals surface area contributed by atoms with E-state index < -0.39 is 23.5 Å². The first-order chi connectivity index (χ1) is 13.8. The zero-order chi connectivity index (χ0) is 21.0. The van der Waals surface area contributed by atoms with Crippen LogP contribution in [0.25, 0.3) is 11.1 Å². The van der Waals surface area contributed by atoms with Crippen LogP contribution < -0.4 is 4.74 Å². The fraction of sp³-hybridized carbons (Fsp3) is 0.143. The minimum Gasteiger partial charge on any atom is -0.462 e. The number of carbonyl (C=O) groups excluding carboxylic acids is 1. The van der Waals surface area contributed by atoms with Gasteiger partial charge in [-0.15, -0.1) is 0 Å². The van der Waals surface area contributed by atoms with E-state index in [1.165, 1.54) is 30.5 Å². The van der Waals surface area contributed by atoms with Crippen molar-refractivity contribution in [3.63, 3.8) is 0 Å². The zero-order valence-corrected chi connectivity index (χ0v) is 15.2. The van der Waals surface area contributed by atoms with Gasteiger partial charge in [0.25, 0.3) is 0 Å². The van der Waals surface area contributed by atoms with Crippen molar-refractivity contribution in [2.24, 2.45) is 0 Å². The Balaban J connectivity index is 2.00. The van der Waals surface area contributed by atoms with Crippen molar-refractivity contribution in [1.82, 2.24) is 4.98 Å². The van der Waals surface area contributed by atoms with Gasteiger partial charge in [0.1, 0.15) is 11.6 Å². The average molecular weight is 405 g/mol. The molecule has 150 valence electrons. The Hall–Kier alpha value is -3.42. The van der Waals surface area contributed by atoms with Gasteiger partial charge in [-0.1, -0.05) is 12.1 Å². The van der Waals surface area contributed by atoms with E-state index in [4.69, 9.17) is 9.47 Å². The summed E-state index contributed by atoms with van der Waals surface area (Å²) in [5, 5.41) is 0. The largest absolute Gasteiger partial charge is 0.462 e. The molecular weight excluding hydrogens is 390 g/mol. The van der Waals surface area contributed by atoms with Gasteiger partial charge in [0.2, 0.25) is 5.88 Å². The van der Waals surface area contributed by atoms with Crippen LogP contribution in [0.15, 0.2) is 60.8 Å². The summed E-state index contributed by atoms with van der Waals surface area (Å²) in [6, 6.07) is 11.0. The van der Waals surface area contributed by atoms with Crippen LogP contribution in [0.2, 0.25) is 0 Å². The topological polar surface area (TPSA) is 48.4 Å². The summed E-state index contributed by atoms with van der Waals surface area (Å²) in [7, 11) is 0. The minimum atomic E-state index is -4.47. The Morgan fingerprint density at radius 3 is 2.41 bits per heavy atom. The smallest absolute Gasteiger partial charge is 0.416 e. The Bertz CT molecular complexity index is 1020. The molecule has 0 spiro atoms. The Kier molecular flexibility index (Phi) is 5.81. The number of aromatic nitrogens is 1. The number of benzene rings is 2. The molecule has 0 saturated carbocycles. The Morgan fingerprint density at radius 1 is 1.07 bits per heavy atom. The molecule has 0 aliphatic heterocycles. The summed E-state index contributed by atoms with van der Waals surface area (Å²) in [5.74, 6) is -1.02. The lowest BCUT2D eigenvalue weighted by Gasteiger charge is -2.13. The van der Waals surface area contributed by atoms with E-state index in [-0.39, 0.29) is 29.4 Å². The van der Waals surface area contributed by atoms with Crippen LogP contribution in [0.1, 0.15) is 22.8 Å². The van der Waals surface area contributed by atoms with Crippen molar-refractivity contribution in [3.05, 3.63) is 77.7 Å². The van der Waals surface area contributed by atoms with Gasteiger partial charge in [-0.2, -0.15) is 13.2 Å². The number of hydrogen-bond acceptors (Lipinski definition) is 4. The number of pyridine rings is 1. The molecule has 0 N–H and O–H groups in total. The van der Waals surface area contributed by atoms with Crippen LogP contribution in [-0.4, -0.2) is 17.6 Å². The van der Waals surface area contributed by atoms with Crippen molar-refractivity contribution in [2.45, 2.75) is 13.1 Å². The molecular formula is C21H15F4NO3. The molecule has 0 fully saturated rings. The van der Waals surface area contributed by atoms with E-state index >= 15 is 0 Å². The van der Waals surface area contributed by atoms with E-state index in [2.05, 4.69) is 4.98 Å². The van der Waals surface area contributed by atoms with E-state index in [0.29, 0.717) is 5.56 Å². The van der Waals surface area contributed by atoms with Gasteiger partial charge in [-0.3, -0.25) is 0 Å². The van der Waals surface area contributed by atoms with Gasteiger partial charge in [0.15, 0.2) is 0 Å². The second-order valence-electron chi connectivity index (χ2n) is 5.93. The molecule has 1 heterocycles. The Morgan fingerprint density at radius 2 is 1.79 bits per heavy atom. The van der Waals surface area contributed by atoms with Crippen LogP contribution in [0, 0.1) is 5.82 Å². The summed E-state index contributed by atoms with van der Waals surface area (Å²) < 4.78 is 62.4. The SMILES string of the molecule is CCOC(=O)c1cnc(Oc2ccc(C(F)(F)F)cc2)c(-c2cccc(F)c2)c1. The van der Waals surface area contributed by atoms with Crippen LogP contribution in [0.5, 0.6) is 11.6 Å². The first-order valence-electron chi connectivity index (χ1n) is 8.56. The molecule has 0 unspecified atom stereocenters. The maximum atomic E-state index is 13.7. The Labute approximate surface area is 163 Å². The molecule has 8 heteroatoms. The van der Waals surface area contributed by atoms with Gasteiger partial charge in [-0.05, 0) is 55.0 Å². The molecule has 3 aromatic rings. The molecule has 2 aromatic carbocycles. The lowest BCUT2D eigenvalue weighted by atomic mass is 10.1. The number of esters is 1.